The summed E-state index contributed by atoms with van der Waals surface area (Å²) in [5.74, 6) is 1.50. The molecule has 1 N–H and O–H groups in total. The van der Waals surface area contributed by atoms with Crippen LogP contribution in [0.4, 0.5) is 0 Å². The quantitative estimate of drug-likeness (QED) is 0.785. The molecule has 3 nitrogen and oxygen atoms in total. The summed E-state index contributed by atoms with van der Waals surface area (Å²) in [5.41, 5.74) is 2.44. The summed E-state index contributed by atoms with van der Waals surface area (Å²) in [6.07, 6.45) is 0. The molecule has 0 bridgehead atoms. The van der Waals surface area contributed by atoms with Crippen LogP contribution in [0, 0.1) is 6.92 Å². The molecule has 0 aromatic heterocycles. The first kappa shape index (κ1) is 15.4. The van der Waals surface area contributed by atoms with Crippen LogP contribution in [-0.2, 0) is 5.75 Å². The highest BCUT2D eigenvalue weighted by Crippen LogP contribution is 2.17. The molecule has 0 fully saturated rings. The highest BCUT2D eigenvalue weighted by molar-refractivity contribution is 7.98. The number of carbonyl (C=O) groups is 1. The lowest BCUT2D eigenvalue weighted by Gasteiger charge is -2.08. The van der Waals surface area contributed by atoms with Crippen molar-refractivity contribution < 1.29 is 14.6 Å². The van der Waals surface area contributed by atoms with E-state index in [2.05, 4.69) is 0 Å². The average Bonchev–Trinajstić information content (AvgIpc) is 2.49. The lowest BCUT2D eigenvalue weighted by atomic mass is 10.1. The smallest absolute Gasteiger partial charge is 0.335 e. The van der Waals surface area contributed by atoms with Crippen molar-refractivity contribution in [2.24, 2.45) is 0 Å². The van der Waals surface area contributed by atoms with Gasteiger partial charge in [-0.2, -0.15) is 11.8 Å². The summed E-state index contributed by atoms with van der Waals surface area (Å²) in [4.78, 5) is 11.1. The fourth-order valence-corrected chi connectivity index (χ4v) is 2.71. The fourth-order valence-electron chi connectivity index (χ4n) is 1.89. The van der Waals surface area contributed by atoms with Crippen LogP contribution in [0.25, 0.3) is 0 Å². The van der Waals surface area contributed by atoms with Gasteiger partial charge >= 0.3 is 5.97 Å². The maximum Gasteiger partial charge on any atom is 0.335 e. The molecule has 2 rings (SSSR count). The molecular weight excluding hydrogens is 284 g/mol. The molecule has 0 saturated carbocycles. The Bertz CT molecular complexity index is 593. The van der Waals surface area contributed by atoms with E-state index in [1.165, 1.54) is 5.56 Å². The fraction of sp³-hybridized carbons (Fsp3) is 0.235. The van der Waals surface area contributed by atoms with Crippen molar-refractivity contribution in [3.63, 3.8) is 0 Å². The second kappa shape index (κ2) is 7.74. The van der Waals surface area contributed by atoms with Gasteiger partial charge in [-0.15, -0.1) is 0 Å². The SMILES string of the molecule is Cc1ccc(OCCSCc2ccccc2C(=O)O)cc1. The molecule has 0 amide bonds. The van der Waals surface area contributed by atoms with Crippen LogP contribution in [0.3, 0.4) is 0 Å². The maximum atomic E-state index is 11.1. The van der Waals surface area contributed by atoms with E-state index < -0.39 is 5.97 Å². The number of hydrogen-bond acceptors (Lipinski definition) is 3. The summed E-state index contributed by atoms with van der Waals surface area (Å²) >= 11 is 1.67. The molecule has 0 spiro atoms. The largest absolute Gasteiger partial charge is 0.493 e. The zero-order chi connectivity index (χ0) is 15.1. The third kappa shape index (κ3) is 4.83. The summed E-state index contributed by atoms with van der Waals surface area (Å²) in [6, 6.07) is 15.1. The van der Waals surface area contributed by atoms with E-state index >= 15 is 0 Å². The minimum absolute atomic E-state index is 0.379. The number of hydrogen-bond donors (Lipinski definition) is 1. The number of benzene rings is 2. The van der Waals surface area contributed by atoms with Crippen molar-refractivity contribution >= 4 is 17.7 Å². The first-order chi connectivity index (χ1) is 10.2. The molecule has 0 heterocycles. The molecule has 2 aromatic carbocycles. The topological polar surface area (TPSA) is 46.5 Å². The number of carboxylic acids is 1. The molecule has 0 saturated heterocycles. The van der Waals surface area contributed by atoms with Crippen molar-refractivity contribution in [1.29, 1.82) is 0 Å². The number of carboxylic acid groups (broad SMARTS) is 1. The van der Waals surface area contributed by atoms with Gasteiger partial charge in [0.05, 0.1) is 12.2 Å². The van der Waals surface area contributed by atoms with Crippen LogP contribution < -0.4 is 4.74 Å². The van der Waals surface area contributed by atoms with Gasteiger partial charge in [-0.25, -0.2) is 4.79 Å². The van der Waals surface area contributed by atoms with Crippen molar-refractivity contribution in [3.8, 4) is 5.75 Å². The van der Waals surface area contributed by atoms with E-state index in [9.17, 15) is 4.79 Å². The van der Waals surface area contributed by atoms with Gasteiger partial charge in [0.15, 0.2) is 0 Å². The van der Waals surface area contributed by atoms with Crippen LogP contribution in [0.2, 0.25) is 0 Å². The molecule has 0 aliphatic rings. The number of aryl methyl sites for hydroxylation is 1. The molecule has 0 aliphatic heterocycles. The van der Waals surface area contributed by atoms with Crippen LogP contribution in [0.15, 0.2) is 48.5 Å². The van der Waals surface area contributed by atoms with Crippen molar-refractivity contribution in [2.75, 3.05) is 12.4 Å². The second-order valence-corrected chi connectivity index (χ2v) is 5.78. The summed E-state index contributed by atoms with van der Waals surface area (Å²) < 4.78 is 5.64. The third-order valence-corrected chi connectivity index (χ3v) is 3.99. The predicted octanol–water partition coefficient (Wildman–Crippen LogP) is 4.01. The Balaban J connectivity index is 1.75. The van der Waals surface area contributed by atoms with Crippen LogP contribution in [0.5, 0.6) is 5.75 Å². The lowest BCUT2D eigenvalue weighted by molar-refractivity contribution is 0.0696. The lowest BCUT2D eigenvalue weighted by Crippen LogP contribution is -2.03. The van der Waals surface area contributed by atoms with Crippen molar-refractivity contribution in [3.05, 3.63) is 65.2 Å². The Labute approximate surface area is 129 Å². The Morgan fingerprint density at radius 1 is 1.14 bits per heavy atom. The highest BCUT2D eigenvalue weighted by atomic mass is 32.2. The summed E-state index contributed by atoms with van der Waals surface area (Å²) in [7, 11) is 0. The zero-order valence-corrected chi connectivity index (χ0v) is 12.7. The molecule has 4 heteroatoms. The van der Waals surface area contributed by atoms with Crippen LogP contribution >= 0.6 is 11.8 Å². The molecule has 110 valence electrons. The first-order valence-electron chi connectivity index (χ1n) is 6.75. The minimum Gasteiger partial charge on any atom is -0.493 e. The van der Waals surface area contributed by atoms with Gasteiger partial charge in [-0.3, -0.25) is 0 Å². The summed E-state index contributed by atoms with van der Waals surface area (Å²) in [6.45, 7) is 2.66. The van der Waals surface area contributed by atoms with Gasteiger partial charge in [0.2, 0.25) is 0 Å². The normalized spacial score (nSPS) is 10.3. The number of rotatable bonds is 7. The number of ether oxygens (including phenoxy) is 1. The van der Waals surface area contributed by atoms with E-state index in [1.54, 1.807) is 23.9 Å². The Hall–Kier alpha value is -1.94. The standard InChI is InChI=1S/C17H18O3S/c1-13-6-8-15(9-7-13)20-10-11-21-12-14-4-2-3-5-16(14)17(18)19/h2-9H,10-12H2,1H3,(H,18,19). The van der Waals surface area contributed by atoms with Gasteiger partial charge in [0, 0.05) is 11.5 Å². The summed E-state index contributed by atoms with van der Waals surface area (Å²) in [5, 5.41) is 9.11. The van der Waals surface area contributed by atoms with Crippen LogP contribution in [-0.4, -0.2) is 23.4 Å². The molecular formula is C17H18O3S. The van der Waals surface area contributed by atoms with E-state index in [4.69, 9.17) is 9.84 Å². The van der Waals surface area contributed by atoms with E-state index in [-0.39, 0.29) is 0 Å². The zero-order valence-electron chi connectivity index (χ0n) is 11.9. The highest BCUT2D eigenvalue weighted by Gasteiger charge is 2.08. The Kier molecular flexibility index (Phi) is 5.69. The van der Waals surface area contributed by atoms with Crippen molar-refractivity contribution in [2.45, 2.75) is 12.7 Å². The van der Waals surface area contributed by atoms with Gasteiger partial charge in [-0.05, 0) is 30.7 Å². The Morgan fingerprint density at radius 2 is 1.86 bits per heavy atom. The van der Waals surface area contributed by atoms with Gasteiger partial charge < -0.3 is 9.84 Å². The first-order valence-corrected chi connectivity index (χ1v) is 7.90. The maximum absolute atomic E-state index is 11.1. The molecule has 0 atom stereocenters. The van der Waals surface area contributed by atoms with E-state index in [1.807, 2.05) is 43.3 Å². The van der Waals surface area contributed by atoms with Gasteiger partial charge in [-0.1, -0.05) is 35.9 Å². The molecule has 0 aliphatic carbocycles. The Morgan fingerprint density at radius 3 is 2.57 bits per heavy atom. The van der Waals surface area contributed by atoms with Crippen LogP contribution in [0.1, 0.15) is 21.5 Å². The molecule has 0 unspecified atom stereocenters. The third-order valence-electron chi connectivity index (χ3n) is 3.02. The van der Waals surface area contributed by atoms with E-state index in [0.29, 0.717) is 17.9 Å². The molecule has 21 heavy (non-hydrogen) atoms. The second-order valence-electron chi connectivity index (χ2n) is 4.68. The van der Waals surface area contributed by atoms with Gasteiger partial charge in [0.1, 0.15) is 5.75 Å². The van der Waals surface area contributed by atoms with Crippen molar-refractivity contribution in [1.82, 2.24) is 0 Å². The average molecular weight is 302 g/mol. The minimum atomic E-state index is -0.873. The molecule has 2 aromatic rings. The van der Waals surface area contributed by atoms with E-state index in [0.717, 1.165) is 17.1 Å². The number of aromatic carboxylic acids is 1. The number of thioether (sulfide) groups is 1. The monoisotopic (exact) mass is 302 g/mol. The predicted molar refractivity (Wildman–Crippen MR) is 86.2 cm³/mol. The molecule has 0 radical (unpaired) electrons. The van der Waals surface area contributed by atoms with Gasteiger partial charge in [0.25, 0.3) is 0 Å².